The van der Waals surface area contributed by atoms with Crippen LogP contribution < -0.4 is 18.7 Å². The average molecular weight is 402 g/mol. The van der Waals surface area contributed by atoms with Crippen LogP contribution in [0.4, 0.5) is 11.4 Å². The minimum absolute atomic E-state index is 0.00106. The number of anilines is 2. The van der Waals surface area contributed by atoms with Crippen LogP contribution in [0.25, 0.3) is 0 Å². The third kappa shape index (κ3) is 3.07. The van der Waals surface area contributed by atoms with Gasteiger partial charge >= 0.3 is 0 Å². The summed E-state index contributed by atoms with van der Waals surface area (Å²) in [6.45, 7) is 2.60. The van der Waals surface area contributed by atoms with Crippen molar-refractivity contribution in [1.82, 2.24) is 0 Å². The van der Waals surface area contributed by atoms with E-state index < -0.39 is 10.0 Å². The quantitative estimate of drug-likeness (QED) is 0.786. The Kier molecular flexibility index (Phi) is 4.66. The predicted octanol–water partition coefficient (Wildman–Crippen LogP) is 2.80. The summed E-state index contributed by atoms with van der Waals surface area (Å²) in [7, 11) is -2.49. The van der Waals surface area contributed by atoms with E-state index in [0.29, 0.717) is 30.1 Å². The van der Waals surface area contributed by atoms with Crippen molar-refractivity contribution in [2.75, 3.05) is 29.4 Å². The van der Waals surface area contributed by atoms with Gasteiger partial charge < -0.3 is 14.4 Å². The van der Waals surface area contributed by atoms with Crippen LogP contribution in [0.1, 0.15) is 19.8 Å². The first kappa shape index (κ1) is 18.6. The van der Waals surface area contributed by atoms with Crippen molar-refractivity contribution in [3.63, 3.8) is 0 Å². The molecule has 7 nitrogen and oxygen atoms in total. The molecule has 4 rings (SSSR count). The van der Waals surface area contributed by atoms with Crippen molar-refractivity contribution in [2.45, 2.75) is 30.8 Å². The molecule has 2 heterocycles. The van der Waals surface area contributed by atoms with Gasteiger partial charge in [0.2, 0.25) is 5.91 Å². The summed E-state index contributed by atoms with van der Waals surface area (Å²) < 4.78 is 39.7. The number of hydrogen-bond acceptors (Lipinski definition) is 5. The lowest BCUT2D eigenvalue weighted by atomic mass is 10.2. The van der Waals surface area contributed by atoms with Gasteiger partial charge in [-0.3, -0.25) is 9.10 Å². The van der Waals surface area contributed by atoms with Gasteiger partial charge in [0.1, 0.15) is 22.5 Å². The molecule has 2 aliphatic rings. The molecule has 148 valence electrons. The Bertz CT molecular complexity index is 1020. The molecule has 2 aromatic carbocycles. The SMILES string of the molecule is COc1ccc(N2CCCC2=O)cc1S(=O)(=O)N1CC(C)Oc2ccccc21. The second-order valence-corrected chi connectivity index (χ2v) is 8.75. The second-order valence-electron chi connectivity index (χ2n) is 6.92. The van der Waals surface area contributed by atoms with E-state index in [0.717, 1.165) is 6.42 Å². The topological polar surface area (TPSA) is 76.2 Å². The fourth-order valence-electron chi connectivity index (χ4n) is 3.65. The van der Waals surface area contributed by atoms with Crippen LogP contribution in [0.2, 0.25) is 0 Å². The van der Waals surface area contributed by atoms with Gasteiger partial charge in [-0.2, -0.15) is 0 Å². The van der Waals surface area contributed by atoms with Crippen LogP contribution in [0.15, 0.2) is 47.4 Å². The lowest BCUT2D eigenvalue weighted by Crippen LogP contribution is -2.42. The number of para-hydroxylation sites is 2. The number of carbonyl (C=O) groups excluding carboxylic acids is 1. The number of rotatable bonds is 4. The molecule has 0 saturated carbocycles. The van der Waals surface area contributed by atoms with E-state index in [1.165, 1.54) is 17.5 Å². The molecule has 1 fully saturated rings. The van der Waals surface area contributed by atoms with Crippen molar-refractivity contribution in [1.29, 1.82) is 0 Å². The first-order valence-corrected chi connectivity index (χ1v) is 10.6. The zero-order chi connectivity index (χ0) is 19.9. The number of benzene rings is 2. The number of methoxy groups -OCH3 is 1. The first-order chi connectivity index (χ1) is 13.4. The highest BCUT2D eigenvalue weighted by Gasteiger charge is 2.35. The number of nitrogens with zero attached hydrogens (tertiary/aromatic N) is 2. The minimum atomic E-state index is -3.93. The molecule has 1 atom stereocenters. The number of hydrogen-bond donors (Lipinski definition) is 0. The summed E-state index contributed by atoms with van der Waals surface area (Å²) in [6.07, 6.45) is 0.947. The lowest BCUT2D eigenvalue weighted by molar-refractivity contribution is -0.117. The van der Waals surface area contributed by atoms with Gasteiger partial charge in [-0.05, 0) is 43.7 Å². The Balaban J connectivity index is 1.82. The van der Waals surface area contributed by atoms with E-state index >= 15 is 0 Å². The van der Waals surface area contributed by atoms with Crippen LogP contribution in [-0.2, 0) is 14.8 Å². The van der Waals surface area contributed by atoms with E-state index in [1.54, 1.807) is 35.2 Å². The number of fused-ring (bicyclic) bond motifs is 1. The average Bonchev–Trinajstić information content (AvgIpc) is 3.12. The number of ether oxygens (including phenoxy) is 2. The highest BCUT2D eigenvalue weighted by atomic mass is 32.2. The number of amides is 1. The molecule has 0 aliphatic carbocycles. The largest absolute Gasteiger partial charge is 0.495 e. The first-order valence-electron chi connectivity index (χ1n) is 9.18. The summed E-state index contributed by atoms with van der Waals surface area (Å²) in [4.78, 5) is 13.8. The number of carbonyl (C=O) groups is 1. The Hall–Kier alpha value is -2.74. The van der Waals surface area contributed by atoms with Crippen LogP contribution in [-0.4, -0.2) is 40.6 Å². The van der Waals surface area contributed by atoms with Crippen molar-refractivity contribution in [3.05, 3.63) is 42.5 Å². The van der Waals surface area contributed by atoms with Crippen LogP contribution in [0, 0.1) is 0 Å². The summed E-state index contributed by atoms with van der Waals surface area (Å²) in [5, 5.41) is 0. The van der Waals surface area contributed by atoms with E-state index in [2.05, 4.69) is 0 Å². The molecule has 0 spiro atoms. The molecule has 1 saturated heterocycles. The number of sulfonamides is 1. The van der Waals surface area contributed by atoms with Gasteiger partial charge in [0.25, 0.3) is 10.0 Å². The molecule has 0 radical (unpaired) electrons. The second kappa shape index (κ2) is 7.01. The highest BCUT2D eigenvalue weighted by Crippen LogP contribution is 2.39. The molecule has 0 N–H and O–H groups in total. The van der Waals surface area contributed by atoms with Gasteiger partial charge in [-0.1, -0.05) is 12.1 Å². The summed E-state index contributed by atoms with van der Waals surface area (Å²) >= 11 is 0. The van der Waals surface area contributed by atoms with E-state index in [1.807, 2.05) is 13.0 Å². The lowest BCUT2D eigenvalue weighted by Gasteiger charge is -2.34. The Morgan fingerprint density at radius 1 is 1.18 bits per heavy atom. The standard InChI is InChI=1S/C20H22N2O5S/c1-14-13-22(16-6-3-4-7-17(16)27-14)28(24,25)19-12-15(9-10-18(19)26-2)21-11-5-8-20(21)23/h3-4,6-7,9-10,12,14H,5,8,11,13H2,1-2H3. The Morgan fingerprint density at radius 3 is 2.68 bits per heavy atom. The summed E-state index contributed by atoms with van der Waals surface area (Å²) in [6, 6.07) is 11.9. The maximum atomic E-state index is 13.6. The normalized spacial score (nSPS) is 19.4. The van der Waals surface area contributed by atoms with E-state index in [4.69, 9.17) is 9.47 Å². The maximum absolute atomic E-state index is 13.6. The summed E-state index contributed by atoms with van der Waals surface area (Å²) in [5.74, 6) is 0.764. The zero-order valence-corrected chi connectivity index (χ0v) is 16.6. The highest BCUT2D eigenvalue weighted by molar-refractivity contribution is 7.93. The van der Waals surface area contributed by atoms with Gasteiger partial charge in [0.05, 0.1) is 19.3 Å². The van der Waals surface area contributed by atoms with Crippen molar-refractivity contribution in [3.8, 4) is 11.5 Å². The van der Waals surface area contributed by atoms with Crippen LogP contribution in [0.3, 0.4) is 0 Å². The fourth-order valence-corrected chi connectivity index (χ4v) is 5.38. The van der Waals surface area contributed by atoms with Crippen molar-refractivity contribution >= 4 is 27.3 Å². The third-order valence-electron chi connectivity index (χ3n) is 4.99. The molecule has 2 aliphatic heterocycles. The van der Waals surface area contributed by atoms with E-state index in [-0.39, 0.29) is 29.2 Å². The molecule has 1 unspecified atom stereocenters. The minimum Gasteiger partial charge on any atom is -0.495 e. The van der Waals surface area contributed by atoms with Crippen molar-refractivity contribution < 1.29 is 22.7 Å². The van der Waals surface area contributed by atoms with Crippen LogP contribution >= 0.6 is 0 Å². The molecular formula is C20H22N2O5S. The molecule has 1 amide bonds. The van der Waals surface area contributed by atoms with E-state index in [9.17, 15) is 13.2 Å². The molecule has 2 aromatic rings. The van der Waals surface area contributed by atoms with Gasteiger partial charge in [0.15, 0.2) is 0 Å². The Labute approximate surface area is 164 Å². The monoisotopic (exact) mass is 402 g/mol. The van der Waals surface area contributed by atoms with Gasteiger partial charge in [-0.15, -0.1) is 0 Å². The van der Waals surface area contributed by atoms with Gasteiger partial charge in [0, 0.05) is 18.7 Å². The fraction of sp³-hybridized carbons (Fsp3) is 0.350. The molecule has 28 heavy (non-hydrogen) atoms. The zero-order valence-electron chi connectivity index (χ0n) is 15.8. The smallest absolute Gasteiger partial charge is 0.268 e. The molecule has 0 bridgehead atoms. The predicted molar refractivity (Wildman–Crippen MR) is 106 cm³/mol. The van der Waals surface area contributed by atoms with Crippen molar-refractivity contribution in [2.24, 2.45) is 0 Å². The maximum Gasteiger partial charge on any atom is 0.268 e. The summed E-state index contributed by atoms with van der Waals surface area (Å²) in [5.41, 5.74) is 1.06. The molecular weight excluding hydrogens is 380 g/mol. The molecule has 8 heteroatoms. The van der Waals surface area contributed by atoms with Crippen LogP contribution in [0.5, 0.6) is 11.5 Å². The molecule has 0 aromatic heterocycles. The Morgan fingerprint density at radius 2 is 1.96 bits per heavy atom. The third-order valence-corrected chi connectivity index (χ3v) is 6.79. The van der Waals surface area contributed by atoms with Gasteiger partial charge in [-0.25, -0.2) is 8.42 Å².